The van der Waals surface area contributed by atoms with Crippen molar-refractivity contribution in [3.8, 4) is 0 Å². The van der Waals surface area contributed by atoms with E-state index in [1.807, 2.05) is 6.07 Å². The van der Waals surface area contributed by atoms with Crippen LogP contribution in [0.25, 0.3) is 16.6 Å². The summed E-state index contributed by atoms with van der Waals surface area (Å²) < 4.78 is 16.1. The van der Waals surface area contributed by atoms with E-state index < -0.39 is 5.91 Å². The lowest BCUT2D eigenvalue weighted by Crippen LogP contribution is -2.39. The molecular weight excluding hydrogens is 433 g/mol. The van der Waals surface area contributed by atoms with E-state index in [1.54, 1.807) is 30.5 Å². The fourth-order valence-corrected chi connectivity index (χ4v) is 4.82. The number of nitrogens with one attached hydrogen (secondary N) is 2. The van der Waals surface area contributed by atoms with Gasteiger partial charge in [0.1, 0.15) is 17.2 Å². The number of nitrogens with zero attached hydrogens (tertiary/aromatic N) is 3. The summed E-state index contributed by atoms with van der Waals surface area (Å²) in [5.41, 5.74) is 2.29. The molecule has 0 aliphatic carbocycles. The van der Waals surface area contributed by atoms with Crippen LogP contribution < -0.4 is 10.9 Å². The summed E-state index contributed by atoms with van der Waals surface area (Å²) in [6.07, 6.45) is 3.98. The van der Waals surface area contributed by atoms with Crippen LogP contribution in [-0.4, -0.2) is 37.8 Å². The highest BCUT2D eigenvalue weighted by atomic mass is 19.1. The Bertz CT molecular complexity index is 1430. The molecule has 4 aromatic rings. The third-order valence-corrected chi connectivity index (χ3v) is 6.74. The lowest BCUT2D eigenvalue weighted by Gasteiger charge is -2.36. The van der Waals surface area contributed by atoms with Crippen LogP contribution in [0, 0.1) is 11.7 Å². The molecule has 2 atom stereocenters. The average Bonchev–Trinajstić information content (AvgIpc) is 3.20. The van der Waals surface area contributed by atoms with Crippen molar-refractivity contribution in [1.82, 2.24) is 24.6 Å². The topological polar surface area (TPSA) is 82.5 Å². The number of likely N-dealkylation sites (tertiary alicyclic amines) is 1. The van der Waals surface area contributed by atoms with E-state index in [0.717, 1.165) is 35.6 Å². The highest BCUT2D eigenvalue weighted by Crippen LogP contribution is 2.26. The second kappa shape index (κ2) is 9.02. The molecule has 0 spiro atoms. The molecule has 1 amide bonds. The number of benzene rings is 1. The largest absolute Gasteiger partial charge is 0.357 e. The lowest BCUT2D eigenvalue weighted by atomic mass is 9.93. The van der Waals surface area contributed by atoms with Crippen LogP contribution >= 0.6 is 0 Å². The highest BCUT2D eigenvalue weighted by Gasteiger charge is 2.23. The Kier molecular flexibility index (Phi) is 5.91. The maximum absolute atomic E-state index is 14.8. The van der Waals surface area contributed by atoms with Crippen molar-refractivity contribution in [2.75, 3.05) is 6.54 Å². The first kappa shape index (κ1) is 22.3. The summed E-state index contributed by atoms with van der Waals surface area (Å²) in [5.74, 6) is -0.155. The molecule has 0 saturated carbocycles. The Hall–Kier alpha value is -3.52. The number of halogens is 1. The molecule has 176 valence electrons. The summed E-state index contributed by atoms with van der Waals surface area (Å²) in [7, 11) is 0. The van der Waals surface area contributed by atoms with Crippen molar-refractivity contribution in [1.29, 1.82) is 0 Å². The quantitative estimate of drug-likeness (QED) is 0.473. The zero-order chi connectivity index (χ0) is 23.8. The van der Waals surface area contributed by atoms with Gasteiger partial charge in [-0.3, -0.25) is 18.9 Å². The van der Waals surface area contributed by atoms with Gasteiger partial charge in [0.05, 0.1) is 0 Å². The zero-order valence-electron chi connectivity index (χ0n) is 19.3. The molecule has 1 aromatic carbocycles. The van der Waals surface area contributed by atoms with Crippen LogP contribution in [0.5, 0.6) is 0 Å². The Morgan fingerprint density at radius 1 is 1.24 bits per heavy atom. The summed E-state index contributed by atoms with van der Waals surface area (Å²) >= 11 is 0. The Morgan fingerprint density at radius 3 is 2.91 bits per heavy atom. The van der Waals surface area contributed by atoms with Crippen molar-refractivity contribution in [2.45, 2.75) is 45.8 Å². The molecule has 3 aromatic heterocycles. The van der Waals surface area contributed by atoms with Crippen LogP contribution in [0.1, 0.15) is 48.4 Å². The molecule has 0 radical (unpaired) electrons. The molecule has 2 N–H and O–H groups in total. The maximum Gasteiger partial charge on any atom is 0.270 e. The molecule has 5 rings (SSSR count). The first-order chi connectivity index (χ1) is 16.4. The van der Waals surface area contributed by atoms with E-state index in [2.05, 4.69) is 34.0 Å². The van der Waals surface area contributed by atoms with E-state index in [9.17, 15) is 14.0 Å². The first-order valence-corrected chi connectivity index (χ1v) is 11.7. The van der Waals surface area contributed by atoms with Gasteiger partial charge < -0.3 is 10.3 Å². The summed E-state index contributed by atoms with van der Waals surface area (Å²) in [5, 5.41) is 3.49. The predicted octanol–water partition coefficient (Wildman–Crippen LogP) is 3.87. The Morgan fingerprint density at radius 2 is 2.09 bits per heavy atom. The number of amides is 1. The number of aromatic nitrogens is 3. The predicted molar refractivity (Wildman–Crippen MR) is 129 cm³/mol. The van der Waals surface area contributed by atoms with E-state index in [1.165, 1.54) is 29.4 Å². The molecule has 4 heterocycles. The minimum atomic E-state index is -0.525. The molecule has 1 saturated heterocycles. The molecule has 34 heavy (non-hydrogen) atoms. The van der Waals surface area contributed by atoms with Crippen molar-refractivity contribution < 1.29 is 9.18 Å². The fraction of sp³-hybridized carbons (Fsp3) is 0.346. The summed E-state index contributed by atoms with van der Waals surface area (Å²) in [4.78, 5) is 35.0. The van der Waals surface area contributed by atoms with Gasteiger partial charge in [-0.05, 0) is 62.6 Å². The summed E-state index contributed by atoms with van der Waals surface area (Å²) in [6, 6.07) is 12.0. The van der Waals surface area contributed by atoms with Crippen molar-refractivity contribution in [3.63, 3.8) is 0 Å². The van der Waals surface area contributed by atoms with Gasteiger partial charge in [-0.15, -0.1) is 0 Å². The highest BCUT2D eigenvalue weighted by molar-refractivity contribution is 5.92. The standard InChI is InChI=1S/C26H28FN5O2/c1-16-6-8-31(17(2)9-16)15-20-10-18-11-21(27)19(12-22(18)29-20)14-28-26(34)23-13-25(33)32-7-4-3-5-24(32)30-23/h3-5,7,10-13,16-17,29H,6,8-9,14-15H2,1-2H3,(H,28,34)/t16-,17-/m1/s1. The monoisotopic (exact) mass is 461 g/mol. The van der Waals surface area contributed by atoms with Gasteiger partial charge in [0, 0.05) is 53.6 Å². The molecule has 1 aliphatic heterocycles. The number of carbonyl (C=O) groups is 1. The number of rotatable bonds is 5. The SMILES string of the molecule is C[C@@H]1CCN(Cc2cc3cc(F)c(CNC(=O)c4cc(=O)n5ccccc5n4)cc3[nH]2)[C@H](C)C1. The number of hydrogen-bond donors (Lipinski definition) is 2. The van der Waals surface area contributed by atoms with Gasteiger partial charge >= 0.3 is 0 Å². The Labute approximate surface area is 196 Å². The average molecular weight is 462 g/mol. The molecule has 8 heteroatoms. The lowest BCUT2D eigenvalue weighted by molar-refractivity contribution is 0.0945. The van der Waals surface area contributed by atoms with Gasteiger partial charge in [-0.2, -0.15) is 0 Å². The fourth-order valence-electron chi connectivity index (χ4n) is 4.82. The Balaban J connectivity index is 1.31. The minimum Gasteiger partial charge on any atom is -0.357 e. The zero-order valence-corrected chi connectivity index (χ0v) is 19.3. The van der Waals surface area contributed by atoms with Crippen LogP contribution in [-0.2, 0) is 13.1 Å². The van der Waals surface area contributed by atoms with E-state index in [0.29, 0.717) is 17.3 Å². The number of aromatic amines is 1. The summed E-state index contributed by atoms with van der Waals surface area (Å²) in [6.45, 7) is 6.42. The molecule has 1 fully saturated rings. The normalized spacial score (nSPS) is 19.0. The number of H-pyrrole nitrogens is 1. The smallest absolute Gasteiger partial charge is 0.270 e. The number of pyridine rings is 1. The molecular formula is C26H28FN5O2. The number of carbonyl (C=O) groups excluding carboxylic acids is 1. The van der Waals surface area contributed by atoms with Gasteiger partial charge in [0.15, 0.2) is 0 Å². The van der Waals surface area contributed by atoms with Gasteiger partial charge in [0.2, 0.25) is 0 Å². The third-order valence-electron chi connectivity index (χ3n) is 6.74. The number of fused-ring (bicyclic) bond motifs is 2. The van der Waals surface area contributed by atoms with E-state index in [4.69, 9.17) is 0 Å². The first-order valence-electron chi connectivity index (χ1n) is 11.7. The third kappa shape index (κ3) is 4.46. The van der Waals surface area contributed by atoms with E-state index in [-0.39, 0.29) is 23.6 Å². The van der Waals surface area contributed by atoms with E-state index >= 15 is 0 Å². The number of piperidine rings is 1. The van der Waals surface area contributed by atoms with Gasteiger partial charge in [0.25, 0.3) is 11.5 Å². The van der Waals surface area contributed by atoms with Gasteiger partial charge in [-0.25, -0.2) is 9.37 Å². The molecule has 0 unspecified atom stereocenters. The second-order valence-corrected chi connectivity index (χ2v) is 9.37. The minimum absolute atomic E-state index is 0.00446. The van der Waals surface area contributed by atoms with Crippen LogP contribution in [0.3, 0.4) is 0 Å². The molecule has 7 nitrogen and oxygen atoms in total. The molecule has 1 aliphatic rings. The van der Waals surface area contributed by atoms with Crippen LogP contribution in [0.15, 0.2) is 53.5 Å². The van der Waals surface area contributed by atoms with Gasteiger partial charge in [-0.1, -0.05) is 13.0 Å². The van der Waals surface area contributed by atoms with Crippen LogP contribution in [0.4, 0.5) is 4.39 Å². The van der Waals surface area contributed by atoms with Crippen molar-refractivity contribution in [3.05, 3.63) is 81.8 Å². The van der Waals surface area contributed by atoms with Crippen molar-refractivity contribution in [2.24, 2.45) is 5.92 Å². The number of hydrogen-bond acceptors (Lipinski definition) is 4. The molecule has 0 bridgehead atoms. The second-order valence-electron chi connectivity index (χ2n) is 9.37. The van der Waals surface area contributed by atoms with Crippen molar-refractivity contribution >= 4 is 22.5 Å². The van der Waals surface area contributed by atoms with Crippen LogP contribution in [0.2, 0.25) is 0 Å². The maximum atomic E-state index is 14.8.